The summed E-state index contributed by atoms with van der Waals surface area (Å²) < 4.78 is 8.19. The van der Waals surface area contributed by atoms with Gasteiger partial charge in [-0.2, -0.15) is 0 Å². The van der Waals surface area contributed by atoms with Crippen LogP contribution in [0.2, 0.25) is 0 Å². The maximum absolute atomic E-state index is 12.9. The zero-order chi connectivity index (χ0) is 16.3. The van der Waals surface area contributed by atoms with Gasteiger partial charge in [-0.3, -0.25) is 0 Å². The minimum absolute atomic E-state index is 0.0814. The first-order valence-electron chi connectivity index (χ1n) is 9.24. The van der Waals surface area contributed by atoms with E-state index in [1.807, 2.05) is 6.20 Å². The molecule has 2 unspecified atom stereocenters. The number of fused-ring (bicyclic) bond motifs is 2. The molecule has 1 aromatic carbocycles. The van der Waals surface area contributed by atoms with Crippen LogP contribution >= 0.6 is 0 Å². The summed E-state index contributed by atoms with van der Waals surface area (Å²) in [6.07, 6.45) is 8.82. The van der Waals surface area contributed by atoms with Gasteiger partial charge in [0.15, 0.2) is 0 Å². The molecular weight excluding hydrogens is 300 g/mol. The van der Waals surface area contributed by atoms with Crippen molar-refractivity contribution in [1.29, 1.82) is 0 Å². The Bertz CT molecular complexity index is 795. The summed E-state index contributed by atoms with van der Waals surface area (Å²) in [7, 11) is 2.21. The summed E-state index contributed by atoms with van der Waals surface area (Å²) in [5.74, 6) is -0.133. The number of esters is 1. The van der Waals surface area contributed by atoms with E-state index in [9.17, 15) is 4.79 Å². The van der Waals surface area contributed by atoms with Gasteiger partial charge in [-0.25, -0.2) is 4.79 Å². The van der Waals surface area contributed by atoms with Gasteiger partial charge in [-0.15, -0.1) is 0 Å². The third kappa shape index (κ3) is 2.12. The van der Waals surface area contributed by atoms with E-state index in [0.29, 0.717) is 12.1 Å². The topological polar surface area (TPSA) is 34.5 Å². The molecule has 0 N–H and O–H groups in total. The van der Waals surface area contributed by atoms with Crippen LogP contribution in [0.4, 0.5) is 0 Å². The zero-order valence-electron chi connectivity index (χ0n) is 14.2. The van der Waals surface area contributed by atoms with Gasteiger partial charge in [0, 0.05) is 43.1 Å². The maximum Gasteiger partial charge on any atom is 0.340 e. The number of carbonyl (C=O) groups is 1. The van der Waals surface area contributed by atoms with Crippen LogP contribution in [0.5, 0.6) is 0 Å². The minimum atomic E-state index is -0.133. The first kappa shape index (κ1) is 14.5. The maximum atomic E-state index is 12.9. The highest BCUT2D eigenvalue weighted by atomic mass is 16.5. The lowest BCUT2D eigenvalue weighted by Crippen LogP contribution is -2.43. The van der Waals surface area contributed by atoms with Crippen LogP contribution in [0, 0.1) is 0 Å². The number of piperidine rings is 1. The van der Waals surface area contributed by atoms with Gasteiger partial charge >= 0.3 is 5.97 Å². The molecule has 2 aromatic rings. The average Bonchev–Trinajstić information content (AvgIpc) is 3.04. The molecule has 3 aliphatic rings. The Morgan fingerprint density at radius 3 is 2.79 bits per heavy atom. The number of rotatable bonds is 2. The Balaban J connectivity index is 1.42. The quantitative estimate of drug-likeness (QED) is 0.794. The van der Waals surface area contributed by atoms with Gasteiger partial charge < -0.3 is 14.2 Å². The number of benzene rings is 1. The molecule has 0 amide bonds. The second-order valence-corrected chi connectivity index (χ2v) is 7.70. The van der Waals surface area contributed by atoms with E-state index in [1.165, 1.54) is 23.9 Å². The average molecular weight is 324 g/mol. The van der Waals surface area contributed by atoms with E-state index in [4.69, 9.17) is 4.74 Å². The predicted molar refractivity (Wildman–Crippen MR) is 93.3 cm³/mol. The molecule has 0 saturated carbocycles. The number of nitrogens with zero attached hydrogens (tertiary/aromatic N) is 2. The fourth-order valence-corrected chi connectivity index (χ4v) is 5.09. The molecular formula is C20H24N2O2. The Morgan fingerprint density at radius 2 is 2.00 bits per heavy atom. The van der Waals surface area contributed by atoms with E-state index in [2.05, 4.69) is 34.7 Å². The molecule has 2 atom stereocenters. The molecule has 4 heterocycles. The summed E-state index contributed by atoms with van der Waals surface area (Å²) in [5, 5.41) is 1.06. The summed E-state index contributed by atoms with van der Waals surface area (Å²) >= 11 is 0. The summed E-state index contributed by atoms with van der Waals surface area (Å²) in [6.45, 7) is 0.999. The lowest BCUT2D eigenvalue weighted by molar-refractivity contribution is -0.000282. The SMILES string of the molecule is CN1C2CCC1CC(OC(=O)c1cn3c4c(cccc14)CCC3)C2. The molecule has 0 aliphatic carbocycles. The van der Waals surface area contributed by atoms with Crippen LogP contribution in [0.3, 0.4) is 0 Å². The van der Waals surface area contributed by atoms with E-state index in [0.717, 1.165) is 43.2 Å². The van der Waals surface area contributed by atoms with Crippen molar-refractivity contribution >= 4 is 16.9 Å². The fourth-order valence-electron chi connectivity index (χ4n) is 5.09. The van der Waals surface area contributed by atoms with Gasteiger partial charge in [-0.05, 0) is 38.3 Å². The first-order chi connectivity index (χ1) is 11.7. The van der Waals surface area contributed by atoms with Crippen molar-refractivity contribution in [1.82, 2.24) is 9.47 Å². The number of hydrogen-bond acceptors (Lipinski definition) is 3. The number of aromatic nitrogens is 1. The second-order valence-electron chi connectivity index (χ2n) is 7.70. The van der Waals surface area contributed by atoms with Gasteiger partial charge in [0.25, 0.3) is 0 Å². The molecule has 1 aromatic heterocycles. The number of para-hydroxylation sites is 1. The zero-order valence-corrected chi connectivity index (χ0v) is 14.2. The lowest BCUT2D eigenvalue weighted by atomic mass is 10.0. The van der Waals surface area contributed by atoms with Gasteiger partial charge in [0.2, 0.25) is 0 Å². The molecule has 4 heteroatoms. The lowest BCUT2D eigenvalue weighted by Gasteiger charge is -2.35. The molecule has 5 rings (SSSR count). The highest BCUT2D eigenvalue weighted by molar-refractivity contribution is 6.05. The van der Waals surface area contributed by atoms with Crippen molar-refractivity contribution in [3.05, 3.63) is 35.5 Å². The van der Waals surface area contributed by atoms with Crippen molar-refractivity contribution in [3.8, 4) is 0 Å². The van der Waals surface area contributed by atoms with Crippen molar-refractivity contribution in [2.24, 2.45) is 0 Å². The molecule has 126 valence electrons. The smallest absolute Gasteiger partial charge is 0.340 e. The normalized spacial score (nSPS) is 29.1. The van der Waals surface area contributed by atoms with Gasteiger partial charge in [-0.1, -0.05) is 18.2 Å². The third-order valence-electron chi connectivity index (χ3n) is 6.38. The van der Waals surface area contributed by atoms with E-state index in [-0.39, 0.29) is 12.1 Å². The van der Waals surface area contributed by atoms with Crippen molar-refractivity contribution in [2.75, 3.05) is 7.05 Å². The van der Waals surface area contributed by atoms with Crippen LogP contribution < -0.4 is 0 Å². The number of aryl methyl sites for hydroxylation is 2. The largest absolute Gasteiger partial charge is 0.459 e. The number of hydrogen-bond donors (Lipinski definition) is 0. The first-order valence-corrected chi connectivity index (χ1v) is 9.24. The molecule has 2 saturated heterocycles. The number of ether oxygens (including phenoxy) is 1. The Hall–Kier alpha value is -1.81. The van der Waals surface area contributed by atoms with Gasteiger partial charge in [0.1, 0.15) is 6.10 Å². The molecule has 2 bridgehead atoms. The highest BCUT2D eigenvalue weighted by Crippen LogP contribution is 2.36. The number of carbonyl (C=O) groups excluding carboxylic acids is 1. The molecule has 0 radical (unpaired) electrons. The molecule has 0 spiro atoms. The molecule has 3 aliphatic heterocycles. The Morgan fingerprint density at radius 1 is 1.21 bits per heavy atom. The van der Waals surface area contributed by atoms with Crippen LogP contribution in [-0.4, -0.2) is 40.7 Å². The molecule has 24 heavy (non-hydrogen) atoms. The third-order valence-corrected chi connectivity index (χ3v) is 6.38. The monoisotopic (exact) mass is 324 g/mol. The van der Waals surface area contributed by atoms with E-state index < -0.39 is 0 Å². The van der Waals surface area contributed by atoms with Crippen molar-refractivity contribution in [3.63, 3.8) is 0 Å². The standard InChI is InChI=1S/C20H24N2O2/c1-21-14-7-8-15(21)11-16(10-14)24-20(23)18-12-22-9-3-5-13-4-2-6-17(18)19(13)22/h2,4,6,12,14-16H,3,5,7-11H2,1H3. The Kier molecular flexibility index (Phi) is 3.24. The summed E-state index contributed by atoms with van der Waals surface area (Å²) in [4.78, 5) is 15.3. The summed E-state index contributed by atoms with van der Waals surface area (Å²) in [5.41, 5.74) is 3.34. The van der Waals surface area contributed by atoms with Gasteiger partial charge in [0.05, 0.1) is 11.1 Å². The second kappa shape index (κ2) is 5.35. The fraction of sp³-hybridized carbons (Fsp3) is 0.550. The Labute approximate surface area is 142 Å². The summed E-state index contributed by atoms with van der Waals surface area (Å²) in [6, 6.07) is 7.50. The van der Waals surface area contributed by atoms with Crippen molar-refractivity contribution in [2.45, 2.75) is 63.3 Å². The predicted octanol–water partition coefficient (Wildman–Crippen LogP) is 3.37. The minimum Gasteiger partial charge on any atom is -0.459 e. The van der Waals surface area contributed by atoms with Crippen LogP contribution in [0.15, 0.2) is 24.4 Å². The van der Waals surface area contributed by atoms with Crippen LogP contribution in [0.1, 0.15) is 48.0 Å². The molecule has 2 fully saturated rings. The molecule has 4 nitrogen and oxygen atoms in total. The highest BCUT2D eigenvalue weighted by Gasteiger charge is 2.40. The van der Waals surface area contributed by atoms with E-state index in [1.54, 1.807) is 0 Å². The van der Waals surface area contributed by atoms with Crippen molar-refractivity contribution < 1.29 is 9.53 Å². The van der Waals surface area contributed by atoms with Crippen LogP contribution in [0.25, 0.3) is 10.9 Å². The van der Waals surface area contributed by atoms with E-state index >= 15 is 0 Å². The van der Waals surface area contributed by atoms with Crippen LogP contribution in [-0.2, 0) is 17.7 Å².